The van der Waals surface area contributed by atoms with Crippen molar-refractivity contribution in [2.45, 2.75) is 31.2 Å². The zero-order chi connectivity index (χ0) is 9.97. The van der Waals surface area contributed by atoms with Crippen LogP contribution < -0.4 is 10.5 Å². The van der Waals surface area contributed by atoms with E-state index in [9.17, 15) is 0 Å². The van der Waals surface area contributed by atoms with E-state index in [0.717, 1.165) is 18.6 Å². The molecule has 1 aliphatic rings. The minimum atomic E-state index is 0.271. The van der Waals surface area contributed by atoms with Crippen molar-refractivity contribution in [3.05, 3.63) is 24.0 Å². The van der Waals surface area contributed by atoms with E-state index in [2.05, 4.69) is 4.98 Å². The van der Waals surface area contributed by atoms with Gasteiger partial charge in [-0.25, -0.2) is 0 Å². The maximum atomic E-state index is 6.05. The minimum absolute atomic E-state index is 0.271. The lowest BCUT2D eigenvalue weighted by Gasteiger charge is -2.17. The minimum Gasteiger partial charge on any atom is -0.496 e. The standard InChI is InChI=1S/C11H16N2O/c1-14-11-5-6-13-7-9(11)8-3-2-4-10(8)12/h5-8,10H,2-4,12H2,1H3. The smallest absolute Gasteiger partial charge is 0.125 e. The number of pyridine rings is 1. The summed E-state index contributed by atoms with van der Waals surface area (Å²) in [6, 6.07) is 2.17. The number of aromatic nitrogens is 1. The molecule has 3 heteroatoms. The summed E-state index contributed by atoms with van der Waals surface area (Å²) in [7, 11) is 1.69. The molecule has 1 saturated carbocycles. The molecule has 3 nitrogen and oxygen atoms in total. The number of hydrogen-bond acceptors (Lipinski definition) is 3. The maximum Gasteiger partial charge on any atom is 0.125 e. The third kappa shape index (κ3) is 1.60. The van der Waals surface area contributed by atoms with Crippen LogP contribution in [0.25, 0.3) is 0 Å². The fourth-order valence-corrected chi connectivity index (χ4v) is 2.23. The first-order valence-electron chi connectivity index (χ1n) is 5.06. The average molecular weight is 192 g/mol. The van der Waals surface area contributed by atoms with Gasteiger partial charge < -0.3 is 10.5 Å². The second-order valence-electron chi connectivity index (χ2n) is 3.82. The Hall–Kier alpha value is -1.09. The van der Waals surface area contributed by atoms with Crippen LogP contribution >= 0.6 is 0 Å². The van der Waals surface area contributed by atoms with Gasteiger partial charge in [0.05, 0.1) is 7.11 Å². The molecule has 0 aromatic carbocycles. The van der Waals surface area contributed by atoms with Gasteiger partial charge in [-0.3, -0.25) is 4.98 Å². The van der Waals surface area contributed by atoms with E-state index < -0.39 is 0 Å². The summed E-state index contributed by atoms with van der Waals surface area (Å²) in [5.74, 6) is 1.35. The fourth-order valence-electron chi connectivity index (χ4n) is 2.23. The molecule has 14 heavy (non-hydrogen) atoms. The van der Waals surface area contributed by atoms with Crippen molar-refractivity contribution in [3.63, 3.8) is 0 Å². The summed E-state index contributed by atoms with van der Waals surface area (Å²) in [4.78, 5) is 4.14. The third-order valence-corrected chi connectivity index (χ3v) is 3.00. The highest BCUT2D eigenvalue weighted by molar-refractivity contribution is 5.34. The molecule has 1 aromatic heterocycles. The molecule has 0 bridgehead atoms. The van der Waals surface area contributed by atoms with Gasteiger partial charge in [0.15, 0.2) is 0 Å². The molecule has 0 amide bonds. The van der Waals surface area contributed by atoms with Crippen molar-refractivity contribution in [3.8, 4) is 5.75 Å². The van der Waals surface area contributed by atoms with E-state index in [1.54, 1.807) is 13.3 Å². The molecule has 2 unspecified atom stereocenters. The van der Waals surface area contributed by atoms with E-state index in [0.29, 0.717) is 5.92 Å². The van der Waals surface area contributed by atoms with Crippen LogP contribution in [-0.2, 0) is 0 Å². The summed E-state index contributed by atoms with van der Waals surface area (Å²) in [6.45, 7) is 0. The first-order chi connectivity index (χ1) is 6.83. The van der Waals surface area contributed by atoms with Crippen molar-refractivity contribution < 1.29 is 4.74 Å². The van der Waals surface area contributed by atoms with Gasteiger partial charge in [-0.2, -0.15) is 0 Å². The molecular formula is C11H16N2O. The molecule has 2 atom stereocenters. The molecule has 2 N–H and O–H groups in total. The van der Waals surface area contributed by atoms with Crippen molar-refractivity contribution >= 4 is 0 Å². The zero-order valence-electron chi connectivity index (χ0n) is 8.44. The SMILES string of the molecule is COc1ccncc1C1CCCC1N. The van der Waals surface area contributed by atoms with Crippen LogP contribution in [0.5, 0.6) is 5.75 Å². The van der Waals surface area contributed by atoms with Crippen LogP contribution in [0.4, 0.5) is 0 Å². The summed E-state index contributed by atoms with van der Waals surface area (Å²) < 4.78 is 5.31. The predicted octanol–water partition coefficient (Wildman–Crippen LogP) is 1.68. The third-order valence-electron chi connectivity index (χ3n) is 3.00. The number of nitrogens with two attached hydrogens (primary N) is 1. The molecule has 76 valence electrons. The molecule has 1 heterocycles. The Morgan fingerprint density at radius 2 is 2.36 bits per heavy atom. The van der Waals surface area contributed by atoms with Crippen LogP contribution in [0.15, 0.2) is 18.5 Å². The summed E-state index contributed by atoms with van der Waals surface area (Å²) in [6.07, 6.45) is 7.12. The predicted molar refractivity (Wildman–Crippen MR) is 55.4 cm³/mol. The Balaban J connectivity index is 2.30. The summed E-state index contributed by atoms with van der Waals surface area (Å²) in [5, 5.41) is 0. The quantitative estimate of drug-likeness (QED) is 0.775. The molecule has 1 aliphatic carbocycles. The Morgan fingerprint density at radius 3 is 3.00 bits per heavy atom. The Bertz CT molecular complexity index is 314. The van der Waals surface area contributed by atoms with E-state index in [1.807, 2.05) is 12.3 Å². The van der Waals surface area contributed by atoms with E-state index in [1.165, 1.54) is 12.0 Å². The number of rotatable bonds is 2. The molecule has 1 fully saturated rings. The fraction of sp³-hybridized carbons (Fsp3) is 0.545. The van der Waals surface area contributed by atoms with Gasteiger partial charge >= 0.3 is 0 Å². The van der Waals surface area contributed by atoms with E-state index >= 15 is 0 Å². The van der Waals surface area contributed by atoms with Crippen LogP contribution in [-0.4, -0.2) is 18.1 Å². The summed E-state index contributed by atoms with van der Waals surface area (Å²) >= 11 is 0. The van der Waals surface area contributed by atoms with Gasteiger partial charge in [0.2, 0.25) is 0 Å². The second kappa shape index (κ2) is 3.96. The topological polar surface area (TPSA) is 48.1 Å². The highest BCUT2D eigenvalue weighted by atomic mass is 16.5. The lowest BCUT2D eigenvalue weighted by Crippen LogP contribution is -2.23. The van der Waals surface area contributed by atoms with Crippen molar-refractivity contribution in [2.24, 2.45) is 5.73 Å². The van der Waals surface area contributed by atoms with E-state index in [-0.39, 0.29) is 6.04 Å². The summed E-state index contributed by atoms with van der Waals surface area (Å²) in [5.41, 5.74) is 7.22. The lowest BCUT2D eigenvalue weighted by atomic mass is 9.95. The van der Waals surface area contributed by atoms with Crippen LogP contribution in [0, 0.1) is 0 Å². The van der Waals surface area contributed by atoms with Crippen LogP contribution in [0.3, 0.4) is 0 Å². The molecule has 2 rings (SSSR count). The molecular weight excluding hydrogens is 176 g/mol. The van der Waals surface area contributed by atoms with Crippen molar-refractivity contribution in [1.82, 2.24) is 4.98 Å². The Kier molecular flexibility index (Phi) is 2.68. The Morgan fingerprint density at radius 1 is 1.50 bits per heavy atom. The van der Waals surface area contributed by atoms with Crippen molar-refractivity contribution in [2.75, 3.05) is 7.11 Å². The van der Waals surface area contributed by atoms with Gasteiger partial charge in [-0.05, 0) is 18.9 Å². The number of nitrogens with zero attached hydrogens (tertiary/aromatic N) is 1. The van der Waals surface area contributed by atoms with Gasteiger partial charge in [0.25, 0.3) is 0 Å². The number of ether oxygens (including phenoxy) is 1. The zero-order valence-corrected chi connectivity index (χ0v) is 8.44. The van der Waals surface area contributed by atoms with Crippen LogP contribution in [0.2, 0.25) is 0 Å². The second-order valence-corrected chi connectivity index (χ2v) is 3.82. The normalized spacial score (nSPS) is 26.4. The monoisotopic (exact) mass is 192 g/mol. The average Bonchev–Trinajstić information content (AvgIpc) is 2.64. The highest BCUT2D eigenvalue weighted by Gasteiger charge is 2.27. The molecule has 0 spiro atoms. The molecule has 0 saturated heterocycles. The van der Waals surface area contributed by atoms with E-state index in [4.69, 9.17) is 10.5 Å². The van der Waals surface area contributed by atoms with Gasteiger partial charge in [-0.15, -0.1) is 0 Å². The molecule has 0 radical (unpaired) electrons. The number of hydrogen-bond donors (Lipinski definition) is 1. The Labute approximate surface area is 84.3 Å². The van der Waals surface area contributed by atoms with Crippen molar-refractivity contribution in [1.29, 1.82) is 0 Å². The molecule has 0 aliphatic heterocycles. The highest BCUT2D eigenvalue weighted by Crippen LogP contribution is 2.37. The largest absolute Gasteiger partial charge is 0.496 e. The maximum absolute atomic E-state index is 6.05. The van der Waals surface area contributed by atoms with Gasteiger partial charge in [0, 0.05) is 29.9 Å². The first-order valence-corrected chi connectivity index (χ1v) is 5.06. The molecule has 1 aromatic rings. The lowest BCUT2D eigenvalue weighted by molar-refractivity contribution is 0.402. The van der Waals surface area contributed by atoms with Crippen LogP contribution in [0.1, 0.15) is 30.7 Å². The van der Waals surface area contributed by atoms with Gasteiger partial charge in [-0.1, -0.05) is 6.42 Å². The first kappa shape index (κ1) is 9.46. The number of methoxy groups -OCH3 is 1. The van der Waals surface area contributed by atoms with Gasteiger partial charge in [0.1, 0.15) is 5.75 Å².